The van der Waals surface area contributed by atoms with Crippen molar-refractivity contribution in [2.45, 2.75) is 12.3 Å². The highest BCUT2D eigenvalue weighted by molar-refractivity contribution is 5.96. The monoisotopic (exact) mass is 462 g/mol. The third-order valence-electron chi connectivity index (χ3n) is 5.82. The van der Waals surface area contributed by atoms with Crippen molar-refractivity contribution < 1.29 is 28.6 Å². The molecule has 0 saturated carbocycles. The van der Waals surface area contributed by atoms with E-state index in [1.807, 2.05) is 48.5 Å². The lowest BCUT2D eigenvalue weighted by Gasteiger charge is -2.18. The molecule has 7 nitrogen and oxygen atoms in total. The number of anilines is 1. The predicted molar refractivity (Wildman–Crippen MR) is 124 cm³/mol. The molecule has 0 radical (unpaired) electrons. The first kappa shape index (κ1) is 23.0. The molecular formula is C26H23FN2O5. The van der Waals surface area contributed by atoms with Gasteiger partial charge in [-0.25, -0.2) is 9.18 Å². The van der Waals surface area contributed by atoms with E-state index in [0.29, 0.717) is 0 Å². The molecule has 3 aromatic rings. The third-order valence-corrected chi connectivity index (χ3v) is 5.82. The first-order valence-electron chi connectivity index (χ1n) is 10.7. The average Bonchev–Trinajstić information content (AvgIpc) is 3.16. The van der Waals surface area contributed by atoms with Gasteiger partial charge in [-0.1, -0.05) is 54.6 Å². The van der Waals surface area contributed by atoms with Crippen LogP contribution in [0.1, 0.15) is 33.8 Å². The summed E-state index contributed by atoms with van der Waals surface area (Å²) in [5, 5.41) is 11.1. The van der Waals surface area contributed by atoms with Crippen LogP contribution >= 0.6 is 0 Å². The molecule has 0 heterocycles. The van der Waals surface area contributed by atoms with Gasteiger partial charge in [0.05, 0.1) is 17.7 Å². The molecule has 2 N–H and O–H groups in total. The van der Waals surface area contributed by atoms with Gasteiger partial charge in [-0.2, -0.15) is 0 Å². The maximum atomic E-state index is 14.9. The second kappa shape index (κ2) is 9.74. The SMILES string of the molecule is CN(CCC(=O)O)C(=O)c1cccc(NC(=O)OCC2c3ccccc3-c3ccccc32)c1F. The topological polar surface area (TPSA) is 95.9 Å². The van der Waals surface area contributed by atoms with E-state index in [1.54, 1.807) is 0 Å². The second-order valence-electron chi connectivity index (χ2n) is 7.99. The Morgan fingerprint density at radius 3 is 2.21 bits per heavy atom. The van der Waals surface area contributed by atoms with E-state index < -0.39 is 23.8 Å². The number of hydrogen-bond acceptors (Lipinski definition) is 4. The van der Waals surface area contributed by atoms with Crippen LogP contribution in [0, 0.1) is 5.82 Å². The Hall–Kier alpha value is -4.20. The number of carbonyl (C=O) groups is 3. The van der Waals surface area contributed by atoms with Gasteiger partial charge in [-0.05, 0) is 34.4 Å². The van der Waals surface area contributed by atoms with Crippen molar-refractivity contribution >= 4 is 23.7 Å². The lowest BCUT2D eigenvalue weighted by molar-refractivity contribution is -0.137. The van der Waals surface area contributed by atoms with Crippen LogP contribution in [-0.4, -0.2) is 48.2 Å². The molecule has 2 amide bonds. The smallest absolute Gasteiger partial charge is 0.411 e. The van der Waals surface area contributed by atoms with E-state index in [2.05, 4.69) is 5.32 Å². The van der Waals surface area contributed by atoms with Crippen LogP contribution in [0.25, 0.3) is 11.1 Å². The minimum atomic E-state index is -1.06. The number of nitrogens with zero attached hydrogens (tertiary/aromatic N) is 1. The molecule has 0 aliphatic heterocycles. The molecule has 34 heavy (non-hydrogen) atoms. The highest BCUT2D eigenvalue weighted by Gasteiger charge is 2.29. The number of fused-ring (bicyclic) bond motifs is 3. The maximum Gasteiger partial charge on any atom is 0.411 e. The molecule has 1 aliphatic rings. The molecule has 3 aromatic carbocycles. The molecule has 0 bridgehead atoms. The van der Waals surface area contributed by atoms with Crippen molar-refractivity contribution in [2.75, 3.05) is 25.5 Å². The van der Waals surface area contributed by atoms with E-state index in [4.69, 9.17) is 9.84 Å². The second-order valence-corrected chi connectivity index (χ2v) is 7.99. The highest BCUT2D eigenvalue weighted by atomic mass is 19.1. The number of aliphatic carboxylic acids is 1. The quantitative estimate of drug-likeness (QED) is 0.529. The molecule has 0 spiro atoms. The van der Waals surface area contributed by atoms with Crippen LogP contribution in [0.4, 0.5) is 14.9 Å². The summed E-state index contributed by atoms with van der Waals surface area (Å²) >= 11 is 0. The van der Waals surface area contributed by atoms with Gasteiger partial charge < -0.3 is 14.7 Å². The fraction of sp³-hybridized carbons (Fsp3) is 0.192. The van der Waals surface area contributed by atoms with Crippen molar-refractivity contribution in [1.29, 1.82) is 0 Å². The molecule has 174 valence electrons. The van der Waals surface area contributed by atoms with Crippen LogP contribution in [0.2, 0.25) is 0 Å². The third kappa shape index (κ3) is 4.61. The van der Waals surface area contributed by atoms with Gasteiger partial charge in [0.25, 0.3) is 5.91 Å². The molecule has 0 fully saturated rings. The Morgan fingerprint density at radius 1 is 0.971 bits per heavy atom. The Kier molecular flexibility index (Phi) is 6.58. The zero-order valence-electron chi connectivity index (χ0n) is 18.5. The maximum absolute atomic E-state index is 14.9. The van der Waals surface area contributed by atoms with E-state index >= 15 is 0 Å². The zero-order valence-corrected chi connectivity index (χ0v) is 18.5. The fourth-order valence-corrected chi connectivity index (χ4v) is 4.11. The fourth-order valence-electron chi connectivity index (χ4n) is 4.11. The number of rotatable bonds is 7. The summed E-state index contributed by atoms with van der Waals surface area (Å²) < 4.78 is 20.4. The Bertz CT molecular complexity index is 1210. The average molecular weight is 462 g/mol. The van der Waals surface area contributed by atoms with Crippen LogP contribution in [-0.2, 0) is 9.53 Å². The van der Waals surface area contributed by atoms with E-state index in [-0.39, 0.29) is 36.7 Å². The van der Waals surface area contributed by atoms with E-state index in [0.717, 1.165) is 27.2 Å². The number of carboxylic acids is 1. The molecule has 8 heteroatoms. The number of ether oxygens (including phenoxy) is 1. The molecular weight excluding hydrogens is 439 g/mol. The summed E-state index contributed by atoms with van der Waals surface area (Å²) in [5.41, 5.74) is 3.83. The van der Waals surface area contributed by atoms with Gasteiger partial charge in [0, 0.05) is 19.5 Å². The lowest BCUT2D eigenvalue weighted by atomic mass is 9.98. The lowest BCUT2D eigenvalue weighted by Crippen LogP contribution is -2.30. The molecule has 0 unspecified atom stereocenters. The minimum absolute atomic E-state index is 0.0675. The van der Waals surface area contributed by atoms with E-state index in [9.17, 15) is 18.8 Å². The normalized spacial score (nSPS) is 11.9. The number of hydrogen-bond donors (Lipinski definition) is 2. The molecule has 4 rings (SSSR count). The van der Waals surface area contributed by atoms with Gasteiger partial charge in [-0.15, -0.1) is 0 Å². The highest BCUT2D eigenvalue weighted by Crippen LogP contribution is 2.44. The van der Waals surface area contributed by atoms with Crippen LogP contribution in [0.5, 0.6) is 0 Å². The molecule has 0 saturated heterocycles. The Morgan fingerprint density at radius 2 is 1.59 bits per heavy atom. The standard InChI is InChI=1S/C26H23FN2O5/c1-29(14-13-23(30)31)25(32)20-11-6-12-22(24(20)27)28-26(33)34-15-21-18-9-4-2-7-16(18)17-8-3-5-10-19(17)21/h2-12,21H,13-15H2,1H3,(H,28,33)(H,30,31). The van der Waals surface area contributed by atoms with Crippen molar-refractivity contribution in [3.05, 3.63) is 89.2 Å². The summed E-state index contributed by atoms with van der Waals surface area (Å²) in [4.78, 5) is 36.8. The van der Waals surface area contributed by atoms with Crippen molar-refractivity contribution in [1.82, 2.24) is 4.90 Å². The van der Waals surface area contributed by atoms with Gasteiger partial charge in [-0.3, -0.25) is 14.9 Å². The van der Waals surface area contributed by atoms with Crippen LogP contribution in [0.3, 0.4) is 0 Å². The van der Waals surface area contributed by atoms with Crippen LogP contribution in [0.15, 0.2) is 66.7 Å². The Labute approximate surface area is 195 Å². The summed E-state index contributed by atoms with van der Waals surface area (Å²) in [6.45, 7) is -0.00430. The summed E-state index contributed by atoms with van der Waals surface area (Å²) in [6.07, 6.45) is -1.11. The first-order valence-corrected chi connectivity index (χ1v) is 10.7. The minimum Gasteiger partial charge on any atom is -0.481 e. The van der Waals surface area contributed by atoms with Gasteiger partial charge in [0.15, 0.2) is 5.82 Å². The van der Waals surface area contributed by atoms with Crippen molar-refractivity contribution in [3.8, 4) is 11.1 Å². The van der Waals surface area contributed by atoms with Gasteiger partial charge in [0.2, 0.25) is 0 Å². The largest absolute Gasteiger partial charge is 0.481 e. The number of carbonyl (C=O) groups excluding carboxylic acids is 2. The first-order chi connectivity index (χ1) is 16.4. The summed E-state index contributed by atoms with van der Waals surface area (Å²) in [6, 6.07) is 19.9. The number of halogens is 1. The zero-order chi connectivity index (χ0) is 24.2. The summed E-state index contributed by atoms with van der Waals surface area (Å²) in [7, 11) is 1.39. The van der Waals surface area contributed by atoms with Crippen LogP contribution < -0.4 is 5.32 Å². The van der Waals surface area contributed by atoms with E-state index in [1.165, 1.54) is 25.2 Å². The molecule has 0 aromatic heterocycles. The number of carboxylic acid groups (broad SMARTS) is 1. The number of nitrogens with one attached hydrogen (secondary N) is 1. The molecule has 0 atom stereocenters. The number of benzene rings is 3. The number of amides is 2. The summed E-state index contributed by atoms with van der Waals surface area (Å²) in [5.74, 6) is -2.80. The van der Waals surface area contributed by atoms with Crippen molar-refractivity contribution in [2.24, 2.45) is 0 Å². The Balaban J connectivity index is 1.44. The van der Waals surface area contributed by atoms with Crippen molar-refractivity contribution in [3.63, 3.8) is 0 Å². The molecule has 1 aliphatic carbocycles. The van der Waals surface area contributed by atoms with Gasteiger partial charge >= 0.3 is 12.1 Å². The predicted octanol–water partition coefficient (Wildman–Crippen LogP) is 4.73. The van der Waals surface area contributed by atoms with Gasteiger partial charge in [0.1, 0.15) is 6.61 Å².